The summed E-state index contributed by atoms with van der Waals surface area (Å²) < 4.78 is 28.4. The fraction of sp³-hybridized carbons (Fsp3) is 0.500. The molecule has 2 N–H and O–H groups in total. The maximum Gasteiger partial charge on any atom is 0.236 e. The lowest BCUT2D eigenvalue weighted by atomic mass is 10.3. The molecule has 1 rings (SSSR count). The maximum absolute atomic E-state index is 12.2. The van der Waals surface area contributed by atoms with Gasteiger partial charge in [0.2, 0.25) is 10.0 Å². The number of nitrogens with one attached hydrogen (secondary N) is 2. The van der Waals surface area contributed by atoms with E-state index in [1.165, 1.54) is 0 Å². The Labute approximate surface area is 131 Å². The molecule has 0 fully saturated rings. The van der Waals surface area contributed by atoms with Crippen molar-refractivity contribution >= 4 is 47.6 Å². The first-order valence-electron chi connectivity index (χ1n) is 6.04. The van der Waals surface area contributed by atoms with E-state index in [4.69, 9.17) is 0 Å². The van der Waals surface area contributed by atoms with Gasteiger partial charge in [-0.3, -0.25) is 4.72 Å². The topological polar surface area (TPSA) is 58.2 Å². The van der Waals surface area contributed by atoms with Crippen LogP contribution in [0.3, 0.4) is 0 Å². The monoisotopic (exact) mass is 412 g/mol. The molecular formula is C12H18Br2N2O2S. The first-order valence-corrected chi connectivity index (χ1v) is 9.18. The molecule has 19 heavy (non-hydrogen) atoms. The summed E-state index contributed by atoms with van der Waals surface area (Å²) >= 11 is 6.68. The Kier molecular flexibility index (Phi) is 6.79. The number of anilines is 1. The van der Waals surface area contributed by atoms with Crippen LogP contribution in [0, 0.1) is 0 Å². The fourth-order valence-electron chi connectivity index (χ4n) is 1.43. The highest BCUT2D eigenvalue weighted by atomic mass is 79.9. The minimum Gasteiger partial charge on any atom is -0.315 e. The Hall–Kier alpha value is -0.110. The van der Waals surface area contributed by atoms with Gasteiger partial charge < -0.3 is 5.32 Å². The van der Waals surface area contributed by atoms with E-state index in [0.29, 0.717) is 21.2 Å². The molecule has 0 radical (unpaired) electrons. The lowest BCUT2D eigenvalue weighted by Gasteiger charge is -2.17. The molecule has 1 aromatic carbocycles. The summed E-state index contributed by atoms with van der Waals surface area (Å²) in [6.45, 7) is 4.99. The van der Waals surface area contributed by atoms with E-state index in [-0.39, 0.29) is 0 Å². The van der Waals surface area contributed by atoms with Crippen molar-refractivity contribution in [1.29, 1.82) is 0 Å². The second kappa shape index (κ2) is 7.61. The van der Waals surface area contributed by atoms with Crippen LogP contribution in [0.4, 0.5) is 5.69 Å². The number of hydrogen-bond donors (Lipinski definition) is 2. The third-order valence-corrected chi connectivity index (χ3v) is 5.63. The number of halogens is 2. The summed E-state index contributed by atoms with van der Waals surface area (Å²) in [6, 6.07) is 5.42. The minimum absolute atomic E-state index is 0.436. The molecule has 0 heterocycles. The van der Waals surface area contributed by atoms with E-state index in [2.05, 4.69) is 41.9 Å². The van der Waals surface area contributed by atoms with Crippen LogP contribution in [-0.4, -0.2) is 26.8 Å². The zero-order valence-corrected chi connectivity index (χ0v) is 14.9. The summed E-state index contributed by atoms with van der Waals surface area (Å²) in [5, 5.41) is 2.61. The molecule has 0 saturated heterocycles. The molecule has 1 aromatic rings. The van der Waals surface area contributed by atoms with Gasteiger partial charge in [-0.15, -0.1) is 0 Å². The van der Waals surface area contributed by atoms with E-state index in [1.54, 1.807) is 19.1 Å². The Bertz CT molecular complexity index is 500. The van der Waals surface area contributed by atoms with E-state index in [9.17, 15) is 8.42 Å². The molecule has 0 aliphatic carbocycles. The van der Waals surface area contributed by atoms with Crippen molar-refractivity contribution < 1.29 is 8.42 Å². The summed E-state index contributed by atoms with van der Waals surface area (Å²) in [5.41, 5.74) is 0.532. The van der Waals surface area contributed by atoms with Gasteiger partial charge in [-0.2, -0.15) is 0 Å². The molecule has 1 atom stereocenters. The third kappa shape index (κ3) is 5.06. The Morgan fingerprint density at radius 1 is 1.26 bits per heavy atom. The van der Waals surface area contributed by atoms with Crippen LogP contribution in [0.15, 0.2) is 27.1 Å². The molecule has 0 aromatic heterocycles. The van der Waals surface area contributed by atoms with Crippen LogP contribution in [0.2, 0.25) is 0 Å². The minimum atomic E-state index is -3.41. The van der Waals surface area contributed by atoms with Crippen molar-refractivity contribution in [3.05, 3.63) is 27.1 Å². The van der Waals surface area contributed by atoms with Gasteiger partial charge in [-0.25, -0.2) is 8.42 Å². The second-order valence-electron chi connectivity index (χ2n) is 4.26. The van der Waals surface area contributed by atoms with E-state index in [1.807, 2.05) is 13.0 Å². The van der Waals surface area contributed by atoms with Crippen LogP contribution >= 0.6 is 31.9 Å². The summed E-state index contributed by atoms with van der Waals surface area (Å²) in [4.78, 5) is 0. The zero-order valence-electron chi connectivity index (χ0n) is 10.9. The first kappa shape index (κ1) is 16.9. The van der Waals surface area contributed by atoms with Crippen LogP contribution in [-0.2, 0) is 10.0 Å². The average Bonchev–Trinajstić information content (AvgIpc) is 2.34. The van der Waals surface area contributed by atoms with Gasteiger partial charge in [0.25, 0.3) is 0 Å². The molecule has 108 valence electrons. The van der Waals surface area contributed by atoms with Gasteiger partial charge in [-0.1, -0.05) is 13.0 Å². The van der Waals surface area contributed by atoms with E-state index >= 15 is 0 Å². The number of benzene rings is 1. The van der Waals surface area contributed by atoms with Gasteiger partial charge in [0, 0.05) is 15.5 Å². The molecule has 0 spiro atoms. The van der Waals surface area contributed by atoms with Crippen LogP contribution in [0.5, 0.6) is 0 Å². The van der Waals surface area contributed by atoms with Crippen LogP contribution in [0.25, 0.3) is 0 Å². The van der Waals surface area contributed by atoms with E-state index in [0.717, 1.165) is 13.0 Å². The van der Waals surface area contributed by atoms with Crippen LogP contribution < -0.4 is 10.0 Å². The van der Waals surface area contributed by atoms with Crippen molar-refractivity contribution in [1.82, 2.24) is 5.32 Å². The molecule has 4 nitrogen and oxygen atoms in total. The lowest BCUT2D eigenvalue weighted by Crippen LogP contribution is -2.35. The van der Waals surface area contributed by atoms with Gasteiger partial charge >= 0.3 is 0 Å². The van der Waals surface area contributed by atoms with Gasteiger partial charge in [0.05, 0.1) is 10.9 Å². The summed E-state index contributed by atoms with van der Waals surface area (Å²) in [7, 11) is -3.41. The normalized spacial score (nSPS) is 13.3. The molecular weight excluding hydrogens is 396 g/mol. The third-order valence-electron chi connectivity index (χ3n) is 2.60. The largest absolute Gasteiger partial charge is 0.315 e. The van der Waals surface area contributed by atoms with Crippen molar-refractivity contribution in [2.24, 2.45) is 0 Å². The quantitative estimate of drug-likeness (QED) is 0.674. The standard InChI is InChI=1S/C12H18Br2N2O2S/c1-3-7-15-8-9(2)19(17,18)16-12-10(13)5-4-6-11(12)14/h4-6,9,15-16H,3,7-8H2,1-2H3. The molecule has 0 aliphatic rings. The maximum atomic E-state index is 12.2. The van der Waals surface area contributed by atoms with E-state index < -0.39 is 15.3 Å². The lowest BCUT2D eigenvalue weighted by molar-refractivity contribution is 0.575. The predicted molar refractivity (Wildman–Crippen MR) is 87.0 cm³/mol. The summed E-state index contributed by atoms with van der Waals surface area (Å²) in [6.07, 6.45) is 0.982. The SMILES string of the molecule is CCCNCC(C)S(=O)(=O)Nc1c(Br)cccc1Br. The predicted octanol–water partition coefficient (Wildman–Crippen LogP) is 3.34. The number of hydrogen-bond acceptors (Lipinski definition) is 3. The van der Waals surface area contributed by atoms with Crippen molar-refractivity contribution in [2.75, 3.05) is 17.8 Å². The smallest absolute Gasteiger partial charge is 0.236 e. The number of sulfonamides is 1. The van der Waals surface area contributed by atoms with Crippen molar-refractivity contribution in [3.63, 3.8) is 0 Å². The summed E-state index contributed by atoms with van der Waals surface area (Å²) in [5.74, 6) is 0. The molecule has 0 saturated carbocycles. The number of para-hydroxylation sites is 1. The average molecular weight is 414 g/mol. The zero-order chi connectivity index (χ0) is 14.5. The van der Waals surface area contributed by atoms with Gasteiger partial charge in [0.15, 0.2) is 0 Å². The Balaban J connectivity index is 2.79. The fourth-order valence-corrected chi connectivity index (χ4v) is 3.93. The highest BCUT2D eigenvalue weighted by Crippen LogP contribution is 2.31. The molecule has 0 aliphatic heterocycles. The highest BCUT2D eigenvalue weighted by molar-refractivity contribution is 9.11. The number of rotatable bonds is 7. The van der Waals surface area contributed by atoms with Crippen LogP contribution in [0.1, 0.15) is 20.3 Å². The molecule has 7 heteroatoms. The molecule has 0 bridgehead atoms. The first-order chi connectivity index (χ1) is 8.88. The highest BCUT2D eigenvalue weighted by Gasteiger charge is 2.22. The van der Waals surface area contributed by atoms with Crippen molar-refractivity contribution in [3.8, 4) is 0 Å². The Morgan fingerprint density at radius 2 is 1.84 bits per heavy atom. The van der Waals surface area contributed by atoms with Gasteiger partial charge in [-0.05, 0) is 63.9 Å². The molecule has 0 amide bonds. The Morgan fingerprint density at radius 3 is 2.37 bits per heavy atom. The second-order valence-corrected chi connectivity index (χ2v) is 8.07. The molecule has 1 unspecified atom stereocenters. The van der Waals surface area contributed by atoms with Gasteiger partial charge in [0.1, 0.15) is 0 Å². The van der Waals surface area contributed by atoms with Crippen molar-refractivity contribution in [2.45, 2.75) is 25.5 Å².